The summed E-state index contributed by atoms with van der Waals surface area (Å²) in [7, 11) is 0. The summed E-state index contributed by atoms with van der Waals surface area (Å²) in [6.07, 6.45) is 1.59. The molecule has 0 aliphatic rings. The largest absolute Gasteiger partial charge is 0.396 e. The Kier molecular flexibility index (Phi) is 3.86. The monoisotopic (exact) mass is 262 g/mol. The van der Waals surface area contributed by atoms with Gasteiger partial charge in [0.15, 0.2) is 5.82 Å². The van der Waals surface area contributed by atoms with Gasteiger partial charge in [0.05, 0.1) is 4.92 Å². The van der Waals surface area contributed by atoms with E-state index in [0.717, 1.165) is 5.56 Å². The van der Waals surface area contributed by atoms with Crippen molar-refractivity contribution in [1.82, 2.24) is 14.8 Å². The van der Waals surface area contributed by atoms with Crippen molar-refractivity contribution in [3.8, 4) is 11.4 Å². The molecule has 0 radical (unpaired) electrons. The fraction of sp³-hybridized carbons (Fsp3) is 0.333. The van der Waals surface area contributed by atoms with Gasteiger partial charge in [-0.3, -0.25) is 14.8 Å². The van der Waals surface area contributed by atoms with Crippen molar-refractivity contribution in [3.05, 3.63) is 40.7 Å². The number of rotatable bonds is 5. The quantitative estimate of drug-likeness (QED) is 0.650. The van der Waals surface area contributed by atoms with E-state index in [0.29, 0.717) is 12.4 Å². The van der Waals surface area contributed by atoms with Gasteiger partial charge >= 0.3 is 0 Å². The third-order valence-electron chi connectivity index (χ3n) is 2.68. The number of hydrogen-bond acceptors (Lipinski definition) is 5. The molecule has 0 fully saturated rings. The van der Waals surface area contributed by atoms with Gasteiger partial charge in [0, 0.05) is 30.8 Å². The highest BCUT2D eigenvalue weighted by Crippen LogP contribution is 2.19. The molecular formula is C12H14N4O3. The lowest BCUT2D eigenvalue weighted by atomic mass is 10.2. The topological polar surface area (TPSA) is 94.1 Å². The highest BCUT2D eigenvalue weighted by atomic mass is 16.6. The van der Waals surface area contributed by atoms with Gasteiger partial charge in [-0.05, 0) is 18.1 Å². The average molecular weight is 262 g/mol. The number of hydrogen-bond donors (Lipinski definition) is 1. The fourth-order valence-corrected chi connectivity index (χ4v) is 1.62. The molecule has 2 rings (SSSR count). The minimum absolute atomic E-state index is 0.0390. The third-order valence-corrected chi connectivity index (χ3v) is 2.68. The molecule has 1 N–H and O–H groups in total. The van der Waals surface area contributed by atoms with Crippen LogP contribution in [0.15, 0.2) is 30.6 Å². The molecule has 1 atom stereocenters. The van der Waals surface area contributed by atoms with E-state index in [1.807, 2.05) is 6.92 Å². The second-order valence-electron chi connectivity index (χ2n) is 4.38. The molecule has 1 heterocycles. The molecule has 0 spiro atoms. The predicted octanol–water partition coefficient (Wildman–Crippen LogP) is 1.48. The SMILES string of the molecule is CC(CO)Cn1cnc(-c2ccc([N+](=O)[O-])cc2)n1. The lowest BCUT2D eigenvalue weighted by Crippen LogP contribution is -2.11. The summed E-state index contributed by atoms with van der Waals surface area (Å²) < 4.78 is 1.65. The Morgan fingerprint density at radius 3 is 2.68 bits per heavy atom. The summed E-state index contributed by atoms with van der Waals surface area (Å²) in [5.74, 6) is 0.617. The molecule has 7 nitrogen and oxygen atoms in total. The van der Waals surface area contributed by atoms with Gasteiger partial charge in [-0.1, -0.05) is 6.92 Å². The number of aliphatic hydroxyl groups excluding tert-OH is 1. The molecular weight excluding hydrogens is 248 g/mol. The van der Waals surface area contributed by atoms with Crippen LogP contribution in [0.5, 0.6) is 0 Å². The average Bonchev–Trinajstić information content (AvgIpc) is 2.87. The van der Waals surface area contributed by atoms with Crippen molar-refractivity contribution in [2.75, 3.05) is 6.61 Å². The molecule has 1 aromatic carbocycles. The van der Waals surface area contributed by atoms with Gasteiger partial charge in [0.1, 0.15) is 6.33 Å². The molecule has 1 unspecified atom stereocenters. The van der Waals surface area contributed by atoms with Gasteiger partial charge in [-0.2, -0.15) is 5.10 Å². The fourth-order valence-electron chi connectivity index (χ4n) is 1.62. The summed E-state index contributed by atoms with van der Waals surface area (Å²) in [5, 5.41) is 23.8. The predicted molar refractivity (Wildman–Crippen MR) is 68.4 cm³/mol. The zero-order chi connectivity index (χ0) is 13.8. The molecule has 0 amide bonds. The first-order chi connectivity index (χ1) is 9.10. The standard InChI is InChI=1S/C12H14N4O3/c1-9(7-17)6-15-8-13-12(14-15)10-2-4-11(5-3-10)16(18)19/h2-5,8-9,17H,6-7H2,1H3. The second-order valence-corrected chi connectivity index (χ2v) is 4.38. The second kappa shape index (κ2) is 5.57. The van der Waals surface area contributed by atoms with E-state index in [4.69, 9.17) is 5.11 Å². The Bertz CT molecular complexity index is 565. The van der Waals surface area contributed by atoms with Crippen LogP contribution in [0.1, 0.15) is 6.92 Å². The summed E-state index contributed by atoms with van der Waals surface area (Å²) in [5.41, 5.74) is 0.762. The number of non-ortho nitro benzene ring substituents is 1. The number of aromatic nitrogens is 3. The summed E-state index contributed by atoms with van der Waals surface area (Å²) in [6, 6.07) is 6.08. The molecule has 2 aromatic rings. The number of aliphatic hydroxyl groups is 1. The Morgan fingerprint density at radius 2 is 2.11 bits per heavy atom. The van der Waals surface area contributed by atoms with E-state index in [9.17, 15) is 10.1 Å². The van der Waals surface area contributed by atoms with Crippen LogP contribution in [0.25, 0.3) is 11.4 Å². The van der Waals surface area contributed by atoms with Crippen LogP contribution in [0.3, 0.4) is 0 Å². The molecule has 0 saturated carbocycles. The molecule has 7 heteroatoms. The molecule has 0 aliphatic heterocycles. The lowest BCUT2D eigenvalue weighted by molar-refractivity contribution is -0.384. The van der Waals surface area contributed by atoms with Gasteiger partial charge in [0.25, 0.3) is 5.69 Å². The van der Waals surface area contributed by atoms with Crippen molar-refractivity contribution in [1.29, 1.82) is 0 Å². The maximum Gasteiger partial charge on any atom is 0.269 e. The lowest BCUT2D eigenvalue weighted by Gasteiger charge is -2.05. The van der Waals surface area contributed by atoms with E-state index in [-0.39, 0.29) is 18.2 Å². The van der Waals surface area contributed by atoms with Crippen molar-refractivity contribution >= 4 is 5.69 Å². The van der Waals surface area contributed by atoms with E-state index in [2.05, 4.69) is 10.1 Å². The molecule has 0 aliphatic carbocycles. The maximum absolute atomic E-state index is 10.6. The number of nitro benzene ring substituents is 1. The highest BCUT2D eigenvalue weighted by Gasteiger charge is 2.09. The Morgan fingerprint density at radius 1 is 1.42 bits per heavy atom. The normalized spacial score (nSPS) is 12.3. The first-order valence-electron chi connectivity index (χ1n) is 5.85. The first-order valence-corrected chi connectivity index (χ1v) is 5.85. The van der Waals surface area contributed by atoms with Gasteiger partial charge in [0.2, 0.25) is 0 Å². The van der Waals surface area contributed by atoms with Crippen LogP contribution in [0, 0.1) is 16.0 Å². The highest BCUT2D eigenvalue weighted by molar-refractivity contribution is 5.56. The number of nitro groups is 1. The zero-order valence-electron chi connectivity index (χ0n) is 10.4. The minimum Gasteiger partial charge on any atom is -0.396 e. The minimum atomic E-state index is -0.446. The van der Waals surface area contributed by atoms with Crippen molar-refractivity contribution in [2.24, 2.45) is 5.92 Å². The van der Waals surface area contributed by atoms with E-state index < -0.39 is 4.92 Å². The van der Waals surface area contributed by atoms with Crippen molar-refractivity contribution in [2.45, 2.75) is 13.5 Å². The molecule has 0 bridgehead atoms. The van der Waals surface area contributed by atoms with Crippen LogP contribution >= 0.6 is 0 Å². The van der Waals surface area contributed by atoms with E-state index in [1.165, 1.54) is 12.1 Å². The van der Waals surface area contributed by atoms with Crippen LogP contribution in [0.4, 0.5) is 5.69 Å². The van der Waals surface area contributed by atoms with Crippen molar-refractivity contribution < 1.29 is 10.0 Å². The zero-order valence-corrected chi connectivity index (χ0v) is 10.4. The molecule has 0 saturated heterocycles. The Labute approximate surface area is 109 Å². The molecule has 1 aromatic heterocycles. The number of benzene rings is 1. The summed E-state index contributed by atoms with van der Waals surface area (Å²) >= 11 is 0. The third kappa shape index (κ3) is 3.14. The molecule has 19 heavy (non-hydrogen) atoms. The van der Waals surface area contributed by atoms with Crippen LogP contribution in [-0.2, 0) is 6.54 Å². The number of nitrogens with zero attached hydrogens (tertiary/aromatic N) is 4. The summed E-state index contributed by atoms with van der Waals surface area (Å²) in [4.78, 5) is 14.3. The van der Waals surface area contributed by atoms with Crippen LogP contribution < -0.4 is 0 Å². The smallest absolute Gasteiger partial charge is 0.269 e. The Balaban J connectivity index is 2.16. The Hall–Kier alpha value is -2.28. The van der Waals surface area contributed by atoms with Gasteiger partial charge < -0.3 is 5.11 Å². The van der Waals surface area contributed by atoms with Gasteiger partial charge in [-0.25, -0.2) is 4.98 Å². The maximum atomic E-state index is 10.6. The van der Waals surface area contributed by atoms with E-state index >= 15 is 0 Å². The van der Waals surface area contributed by atoms with Crippen LogP contribution in [0.2, 0.25) is 0 Å². The molecule has 100 valence electrons. The van der Waals surface area contributed by atoms with Gasteiger partial charge in [-0.15, -0.1) is 0 Å². The van der Waals surface area contributed by atoms with Crippen molar-refractivity contribution in [3.63, 3.8) is 0 Å². The van der Waals surface area contributed by atoms with Crippen LogP contribution in [-0.4, -0.2) is 31.4 Å². The summed E-state index contributed by atoms with van der Waals surface area (Å²) in [6.45, 7) is 2.58. The first kappa shape index (κ1) is 13.2. The van der Waals surface area contributed by atoms with E-state index in [1.54, 1.807) is 23.1 Å².